The van der Waals surface area contributed by atoms with Crippen LogP contribution in [0.2, 0.25) is 36.3 Å². The number of aromatic nitrogens is 4. The Balaban J connectivity index is 1.78. The van der Waals surface area contributed by atoms with E-state index in [-0.39, 0.29) is 16.0 Å². The second kappa shape index (κ2) is 11.0. The fraction of sp³-hybridized carbons (Fsp3) is 0.500. The maximum Gasteiger partial charge on any atom is 0.256 e. The molecule has 0 spiro atoms. The second-order valence-electron chi connectivity index (χ2n) is 13.8. The molecule has 1 N–H and O–H groups in total. The highest BCUT2D eigenvalue weighted by molar-refractivity contribution is 6.74. The van der Waals surface area contributed by atoms with Crippen molar-refractivity contribution >= 4 is 45.8 Å². The smallest absolute Gasteiger partial charge is 0.256 e. The maximum atomic E-state index is 12.9. The molecule has 1 amide bonds. The van der Waals surface area contributed by atoms with Crippen molar-refractivity contribution in [1.82, 2.24) is 19.5 Å². The Morgan fingerprint density at radius 3 is 2.12 bits per heavy atom. The summed E-state index contributed by atoms with van der Waals surface area (Å²) in [6, 6.07) is 8.55. The van der Waals surface area contributed by atoms with E-state index in [1.165, 1.54) is 6.33 Å². The van der Waals surface area contributed by atoms with Crippen LogP contribution in [0, 0.1) is 0 Å². The van der Waals surface area contributed by atoms with Crippen LogP contribution in [0.15, 0.2) is 54.6 Å². The molecule has 41 heavy (non-hydrogen) atoms. The summed E-state index contributed by atoms with van der Waals surface area (Å²) in [6.45, 7) is 21.9. The average Bonchev–Trinajstić information content (AvgIpc) is 3.44. The number of carbonyl (C=O) groups is 2. The van der Waals surface area contributed by atoms with Gasteiger partial charge in [-0.3, -0.25) is 9.59 Å². The second-order valence-corrected chi connectivity index (χ2v) is 23.3. The summed E-state index contributed by atoms with van der Waals surface area (Å²) in [7, 11) is -4.59. The Kier molecular flexibility index (Phi) is 8.31. The van der Waals surface area contributed by atoms with Crippen molar-refractivity contribution in [3.8, 4) is 0 Å². The predicted octanol–water partition coefficient (Wildman–Crippen LogP) is 6.54. The number of carbonyl (C=O) groups excluding carboxylic acids is 2. The first-order valence-corrected chi connectivity index (χ1v) is 19.8. The summed E-state index contributed by atoms with van der Waals surface area (Å²) in [6.07, 6.45) is 4.92. The van der Waals surface area contributed by atoms with Crippen LogP contribution >= 0.6 is 0 Å². The molecule has 1 aliphatic rings. The van der Waals surface area contributed by atoms with Gasteiger partial charge >= 0.3 is 0 Å². The first-order valence-electron chi connectivity index (χ1n) is 14.0. The third kappa shape index (κ3) is 6.13. The zero-order valence-corrected chi connectivity index (χ0v) is 27.9. The first kappa shape index (κ1) is 31.0. The lowest BCUT2D eigenvalue weighted by Crippen LogP contribution is -2.52. The summed E-state index contributed by atoms with van der Waals surface area (Å²) in [5, 5.41) is 2.76. The van der Waals surface area contributed by atoms with Crippen molar-refractivity contribution in [2.24, 2.45) is 0 Å². The number of hydrogen-bond acceptors (Lipinski definition) is 7. The van der Waals surface area contributed by atoms with Gasteiger partial charge in [-0.15, -0.1) is 0 Å². The van der Waals surface area contributed by atoms with Crippen molar-refractivity contribution in [3.05, 3.63) is 60.2 Å². The number of aldehydes is 1. The molecule has 9 nitrogen and oxygen atoms in total. The lowest BCUT2D eigenvalue weighted by Gasteiger charge is -2.44. The number of nitrogens with one attached hydrogen (secondary N) is 1. The van der Waals surface area contributed by atoms with Crippen LogP contribution in [0.4, 0.5) is 5.82 Å². The molecule has 220 valence electrons. The monoisotopic (exact) mass is 593 g/mol. The van der Waals surface area contributed by atoms with Gasteiger partial charge in [0.15, 0.2) is 33.6 Å². The molecule has 2 heterocycles. The third-order valence-corrected chi connectivity index (χ3v) is 17.8. The Morgan fingerprint density at radius 1 is 0.927 bits per heavy atom. The van der Waals surface area contributed by atoms with E-state index in [4.69, 9.17) is 8.85 Å². The molecule has 3 atom stereocenters. The summed E-state index contributed by atoms with van der Waals surface area (Å²) in [5.74, 6) is 0.0299. The van der Waals surface area contributed by atoms with Crippen LogP contribution in [-0.4, -0.2) is 60.6 Å². The minimum Gasteiger partial charge on any atom is -0.409 e. The lowest BCUT2D eigenvalue weighted by molar-refractivity contribution is -0.106. The van der Waals surface area contributed by atoms with Gasteiger partial charge in [0.05, 0.1) is 18.5 Å². The fourth-order valence-electron chi connectivity index (χ4n) is 4.31. The first-order chi connectivity index (χ1) is 19.0. The highest BCUT2D eigenvalue weighted by Crippen LogP contribution is 2.46. The number of nitrogens with zero attached hydrogens (tertiary/aromatic N) is 4. The molecule has 0 radical (unpaired) electrons. The number of anilines is 1. The van der Waals surface area contributed by atoms with Crippen molar-refractivity contribution in [2.45, 2.75) is 96.1 Å². The normalized spacial score (nSPS) is 20.2. The molecule has 3 aromatic rings. The van der Waals surface area contributed by atoms with Gasteiger partial charge in [-0.2, -0.15) is 0 Å². The summed E-state index contributed by atoms with van der Waals surface area (Å²) >= 11 is 0. The van der Waals surface area contributed by atoms with Crippen LogP contribution < -0.4 is 5.32 Å². The molecule has 2 aromatic heterocycles. The fourth-order valence-corrected chi connectivity index (χ4v) is 6.86. The van der Waals surface area contributed by atoms with Gasteiger partial charge in [0.25, 0.3) is 5.91 Å². The molecule has 0 saturated heterocycles. The van der Waals surface area contributed by atoms with E-state index in [9.17, 15) is 9.59 Å². The molecule has 0 fully saturated rings. The number of benzene rings is 1. The third-order valence-electron chi connectivity index (χ3n) is 8.88. The molecular formula is C30H43N5O4Si2. The Morgan fingerprint density at radius 2 is 1.54 bits per heavy atom. The number of amides is 1. The molecule has 11 heteroatoms. The summed E-state index contributed by atoms with van der Waals surface area (Å²) in [5.41, 5.74) is 2.07. The number of hydrogen-bond donors (Lipinski definition) is 1. The van der Waals surface area contributed by atoms with Crippen molar-refractivity contribution in [1.29, 1.82) is 0 Å². The van der Waals surface area contributed by atoms with Gasteiger partial charge in [-0.05, 0) is 54.5 Å². The number of fused-ring (bicyclic) bond motifs is 1. The van der Waals surface area contributed by atoms with E-state index in [0.29, 0.717) is 28.1 Å². The Hall–Kier alpha value is -3.00. The van der Waals surface area contributed by atoms with Gasteiger partial charge in [-0.25, -0.2) is 15.0 Å². The molecule has 4 rings (SSSR count). The van der Waals surface area contributed by atoms with Gasteiger partial charge in [0, 0.05) is 11.1 Å². The number of rotatable bonds is 8. The predicted molar refractivity (Wildman–Crippen MR) is 167 cm³/mol. The minimum atomic E-state index is -2.30. The van der Waals surface area contributed by atoms with Crippen molar-refractivity contribution in [3.63, 3.8) is 0 Å². The highest BCUT2D eigenvalue weighted by Gasteiger charge is 2.50. The highest BCUT2D eigenvalue weighted by atomic mass is 28.4. The van der Waals surface area contributed by atoms with Crippen molar-refractivity contribution < 1.29 is 18.4 Å². The Labute approximate surface area is 245 Å². The zero-order valence-electron chi connectivity index (χ0n) is 25.9. The quantitative estimate of drug-likeness (QED) is 0.233. The lowest BCUT2D eigenvalue weighted by atomic mass is 10.1. The SMILES string of the molecule is CC(C)(C)[Si](C)(C)O[C@@H]1[C@H](O[Si](C)(C)C(C)(C)C)C(C=O)=C[C@H]1n1cnc2c(NC(=O)c3ccccc3)ncnc21. The van der Waals surface area contributed by atoms with Crippen LogP contribution in [-0.2, 0) is 13.6 Å². The van der Waals surface area contributed by atoms with Gasteiger partial charge in [0.1, 0.15) is 18.7 Å². The molecule has 0 aliphatic heterocycles. The van der Waals surface area contributed by atoms with Crippen LogP contribution in [0.3, 0.4) is 0 Å². The summed E-state index contributed by atoms with van der Waals surface area (Å²) in [4.78, 5) is 38.8. The molecular weight excluding hydrogens is 551 g/mol. The topological polar surface area (TPSA) is 108 Å². The van der Waals surface area contributed by atoms with Gasteiger partial charge in [-0.1, -0.05) is 59.7 Å². The largest absolute Gasteiger partial charge is 0.409 e. The maximum absolute atomic E-state index is 12.9. The average molecular weight is 594 g/mol. The molecule has 0 unspecified atom stereocenters. The van der Waals surface area contributed by atoms with Gasteiger partial charge in [0.2, 0.25) is 0 Å². The van der Waals surface area contributed by atoms with Crippen LogP contribution in [0.1, 0.15) is 57.9 Å². The van der Waals surface area contributed by atoms with Crippen molar-refractivity contribution in [2.75, 3.05) is 5.32 Å². The van der Waals surface area contributed by atoms with E-state index in [2.05, 4.69) is 88.0 Å². The zero-order chi connectivity index (χ0) is 30.4. The van der Waals surface area contributed by atoms with Gasteiger partial charge < -0.3 is 18.7 Å². The van der Waals surface area contributed by atoms with E-state index in [1.54, 1.807) is 30.6 Å². The molecule has 0 bridgehead atoms. The van der Waals surface area contributed by atoms with E-state index in [1.807, 2.05) is 16.7 Å². The molecule has 1 aliphatic carbocycles. The standard InChI is InChI=1S/C30H43N5O4Si2/c1-29(2,3)40(7,8)38-24-21(17-36)16-22(25(24)39-41(9,10)30(4,5)6)35-19-33-23-26(31-18-32-27(23)35)34-28(37)20-14-12-11-13-15-20/h11-19,22,24-25H,1-10H3,(H,31,32,34,37)/t22-,24-,25+/m1/s1. The summed E-state index contributed by atoms with van der Waals surface area (Å²) < 4.78 is 15.9. The van der Waals surface area contributed by atoms with Crippen LogP contribution in [0.25, 0.3) is 11.2 Å². The van der Waals surface area contributed by atoms with E-state index < -0.39 is 34.9 Å². The minimum absolute atomic E-state index is 0.0542. The molecule has 1 aromatic carbocycles. The molecule has 0 saturated carbocycles. The number of imidazole rings is 1. The van der Waals surface area contributed by atoms with Crippen LogP contribution in [0.5, 0.6) is 0 Å². The van der Waals surface area contributed by atoms with E-state index in [0.717, 1.165) is 6.29 Å². The Bertz CT molecular complexity index is 1460. The van der Waals surface area contributed by atoms with E-state index >= 15 is 0 Å².